The van der Waals surface area contributed by atoms with Crippen LogP contribution >= 0.6 is 0 Å². The van der Waals surface area contributed by atoms with E-state index in [9.17, 15) is 9.18 Å². The Hall–Kier alpha value is -1.46. The Morgan fingerprint density at radius 1 is 1.43 bits per heavy atom. The molecule has 1 heterocycles. The van der Waals surface area contributed by atoms with Crippen molar-refractivity contribution in [2.24, 2.45) is 5.92 Å². The molecule has 116 valence electrons. The number of benzene rings is 1. The van der Waals surface area contributed by atoms with Crippen molar-refractivity contribution in [3.8, 4) is 0 Å². The summed E-state index contributed by atoms with van der Waals surface area (Å²) < 4.78 is 13.5. The zero-order valence-electron chi connectivity index (χ0n) is 13.1. The average Bonchev–Trinajstić information content (AvgIpc) is 2.77. The lowest BCUT2D eigenvalue weighted by atomic mass is 10.00. The average molecular weight is 293 g/mol. The van der Waals surface area contributed by atoms with Gasteiger partial charge < -0.3 is 9.80 Å². The van der Waals surface area contributed by atoms with Crippen molar-refractivity contribution in [3.05, 3.63) is 35.6 Å². The molecule has 0 spiro atoms. The highest BCUT2D eigenvalue weighted by atomic mass is 19.1. The van der Waals surface area contributed by atoms with Gasteiger partial charge in [-0.2, -0.15) is 0 Å². The zero-order valence-corrected chi connectivity index (χ0v) is 13.1. The first-order valence-electron chi connectivity index (χ1n) is 7.35. The summed E-state index contributed by atoms with van der Waals surface area (Å²) in [4.78, 5) is 16.3. The van der Waals surface area contributed by atoms with Crippen molar-refractivity contribution in [1.29, 1.82) is 0 Å². The first kappa shape index (κ1) is 15.9. The van der Waals surface area contributed by atoms with Gasteiger partial charge in [0.05, 0.1) is 6.54 Å². The number of carbonyl (C=O) groups is 1. The lowest BCUT2D eigenvalue weighted by Gasteiger charge is -2.37. The predicted molar refractivity (Wildman–Crippen MR) is 81.2 cm³/mol. The Balaban J connectivity index is 2.30. The molecule has 1 amide bonds. The van der Waals surface area contributed by atoms with Crippen LogP contribution in [-0.4, -0.2) is 48.9 Å². The van der Waals surface area contributed by atoms with Crippen LogP contribution < -0.4 is 5.32 Å². The molecule has 2 rings (SSSR count). The highest BCUT2D eigenvalue weighted by Crippen LogP contribution is 2.28. The molecule has 2 unspecified atom stereocenters. The van der Waals surface area contributed by atoms with Crippen LogP contribution in [0.1, 0.15) is 25.6 Å². The molecule has 1 saturated heterocycles. The molecule has 1 aromatic carbocycles. The van der Waals surface area contributed by atoms with Crippen molar-refractivity contribution in [1.82, 2.24) is 15.1 Å². The fourth-order valence-electron chi connectivity index (χ4n) is 2.84. The van der Waals surface area contributed by atoms with E-state index in [0.717, 1.165) is 12.1 Å². The Morgan fingerprint density at radius 3 is 2.71 bits per heavy atom. The molecule has 2 atom stereocenters. The van der Waals surface area contributed by atoms with Crippen molar-refractivity contribution in [2.75, 3.05) is 27.2 Å². The van der Waals surface area contributed by atoms with E-state index in [-0.39, 0.29) is 23.9 Å². The fraction of sp³-hybridized carbons (Fsp3) is 0.562. The molecule has 0 aliphatic carbocycles. The molecule has 1 aliphatic heterocycles. The van der Waals surface area contributed by atoms with Crippen LogP contribution in [0.2, 0.25) is 0 Å². The third-order valence-corrected chi connectivity index (χ3v) is 3.86. The summed E-state index contributed by atoms with van der Waals surface area (Å²) in [6, 6.07) is 6.56. The number of nitrogens with zero attached hydrogens (tertiary/aromatic N) is 2. The van der Waals surface area contributed by atoms with E-state index in [1.54, 1.807) is 6.07 Å². The monoisotopic (exact) mass is 293 g/mol. The van der Waals surface area contributed by atoms with Crippen LogP contribution in [0.25, 0.3) is 0 Å². The van der Waals surface area contributed by atoms with Crippen molar-refractivity contribution >= 4 is 5.91 Å². The van der Waals surface area contributed by atoms with Gasteiger partial charge in [0.15, 0.2) is 0 Å². The molecule has 1 fully saturated rings. The number of hydrogen-bond acceptors (Lipinski definition) is 3. The quantitative estimate of drug-likeness (QED) is 0.900. The summed E-state index contributed by atoms with van der Waals surface area (Å²) in [5.41, 5.74) is 0.797. The summed E-state index contributed by atoms with van der Waals surface area (Å²) in [5, 5.41) is 3.20. The van der Waals surface area contributed by atoms with E-state index in [0.29, 0.717) is 12.5 Å². The second kappa shape index (κ2) is 6.54. The minimum absolute atomic E-state index is 0.0739. The van der Waals surface area contributed by atoms with Crippen LogP contribution in [0, 0.1) is 11.7 Å². The third-order valence-electron chi connectivity index (χ3n) is 3.86. The Morgan fingerprint density at radius 2 is 2.14 bits per heavy atom. The molecule has 5 heteroatoms. The van der Waals surface area contributed by atoms with E-state index < -0.39 is 0 Å². The van der Waals surface area contributed by atoms with Crippen molar-refractivity contribution in [2.45, 2.75) is 26.1 Å². The van der Waals surface area contributed by atoms with Crippen LogP contribution in [0.3, 0.4) is 0 Å². The topological polar surface area (TPSA) is 35.6 Å². The fourth-order valence-corrected chi connectivity index (χ4v) is 2.84. The van der Waals surface area contributed by atoms with Crippen molar-refractivity contribution in [3.63, 3.8) is 0 Å². The maximum absolute atomic E-state index is 13.5. The highest BCUT2D eigenvalue weighted by molar-refractivity contribution is 5.81. The molecule has 1 aliphatic rings. The standard InChI is InChI=1S/C16H24FN3O/c1-11(2)14(10-19(3)4)20-15(21)9-18-16(20)12-6-5-7-13(17)8-12/h5-8,11,14,16,18H,9-10H2,1-4H3. The van der Waals surface area contributed by atoms with Crippen LogP contribution in [0.5, 0.6) is 0 Å². The Labute approximate surface area is 125 Å². The normalized spacial score (nSPS) is 20.6. The molecular formula is C16H24FN3O. The Kier molecular flexibility index (Phi) is 4.96. The van der Waals surface area contributed by atoms with Gasteiger partial charge in [-0.05, 0) is 37.7 Å². The lowest BCUT2D eigenvalue weighted by molar-refractivity contribution is -0.131. The summed E-state index contributed by atoms with van der Waals surface area (Å²) in [5.74, 6) is 0.124. The van der Waals surface area contributed by atoms with E-state index in [4.69, 9.17) is 0 Å². The van der Waals surface area contributed by atoms with Gasteiger partial charge in [-0.25, -0.2) is 4.39 Å². The number of rotatable bonds is 5. The van der Waals surface area contributed by atoms with E-state index in [1.165, 1.54) is 12.1 Å². The molecule has 4 nitrogen and oxygen atoms in total. The van der Waals surface area contributed by atoms with Gasteiger partial charge in [-0.3, -0.25) is 10.1 Å². The number of likely N-dealkylation sites (N-methyl/N-ethyl adjacent to an activating group) is 1. The van der Waals surface area contributed by atoms with Gasteiger partial charge in [0.2, 0.25) is 5.91 Å². The number of carbonyl (C=O) groups excluding carboxylic acids is 1. The van der Waals surface area contributed by atoms with Crippen LogP contribution in [0.4, 0.5) is 4.39 Å². The molecular weight excluding hydrogens is 269 g/mol. The third kappa shape index (κ3) is 3.60. The summed E-state index contributed by atoms with van der Waals surface area (Å²) in [7, 11) is 4.00. The van der Waals surface area contributed by atoms with E-state index in [2.05, 4.69) is 24.1 Å². The van der Waals surface area contributed by atoms with Gasteiger partial charge >= 0.3 is 0 Å². The zero-order chi connectivity index (χ0) is 15.6. The molecule has 0 saturated carbocycles. The van der Waals surface area contributed by atoms with E-state index >= 15 is 0 Å². The molecule has 1 N–H and O–H groups in total. The molecule has 0 aromatic heterocycles. The molecule has 21 heavy (non-hydrogen) atoms. The SMILES string of the molecule is CC(C)C(CN(C)C)N1C(=O)CNC1c1cccc(F)c1. The number of halogens is 1. The summed E-state index contributed by atoms with van der Waals surface area (Å²) in [6.07, 6.45) is -0.249. The molecule has 0 bridgehead atoms. The largest absolute Gasteiger partial charge is 0.317 e. The van der Waals surface area contributed by atoms with Gasteiger partial charge in [0.25, 0.3) is 0 Å². The van der Waals surface area contributed by atoms with Gasteiger partial charge in [-0.1, -0.05) is 26.0 Å². The molecule has 1 aromatic rings. The summed E-state index contributed by atoms with van der Waals surface area (Å²) in [6.45, 7) is 5.32. The second-order valence-corrected chi connectivity index (χ2v) is 6.21. The lowest BCUT2D eigenvalue weighted by Crippen LogP contribution is -2.48. The van der Waals surface area contributed by atoms with Crippen LogP contribution in [0.15, 0.2) is 24.3 Å². The van der Waals surface area contributed by atoms with Gasteiger partial charge in [0.1, 0.15) is 12.0 Å². The molecule has 0 radical (unpaired) electrons. The van der Waals surface area contributed by atoms with Gasteiger partial charge in [-0.15, -0.1) is 0 Å². The maximum atomic E-state index is 13.5. The predicted octanol–water partition coefficient (Wildman–Crippen LogP) is 1.84. The maximum Gasteiger partial charge on any atom is 0.238 e. The number of nitrogens with one attached hydrogen (secondary N) is 1. The smallest absolute Gasteiger partial charge is 0.238 e. The number of hydrogen-bond donors (Lipinski definition) is 1. The minimum Gasteiger partial charge on any atom is -0.317 e. The summed E-state index contributed by atoms with van der Waals surface area (Å²) >= 11 is 0. The van der Waals surface area contributed by atoms with E-state index in [1.807, 2.05) is 25.1 Å². The first-order chi connectivity index (χ1) is 9.90. The minimum atomic E-state index is -0.276. The highest BCUT2D eigenvalue weighted by Gasteiger charge is 2.38. The van der Waals surface area contributed by atoms with Crippen molar-refractivity contribution < 1.29 is 9.18 Å². The van der Waals surface area contributed by atoms with Gasteiger partial charge in [0, 0.05) is 12.6 Å². The second-order valence-electron chi connectivity index (χ2n) is 6.21. The number of amides is 1. The van der Waals surface area contributed by atoms with Crippen LogP contribution in [-0.2, 0) is 4.79 Å². The first-order valence-corrected chi connectivity index (χ1v) is 7.35. The Bertz CT molecular complexity index is 504.